The van der Waals surface area contributed by atoms with E-state index in [9.17, 15) is 9.59 Å². The Hall–Kier alpha value is -3.54. The fourth-order valence-corrected chi connectivity index (χ4v) is 5.19. The summed E-state index contributed by atoms with van der Waals surface area (Å²) in [4.78, 5) is 26.3. The molecule has 2 bridgehead atoms. The van der Waals surface area contributed by atoms with E-state index in [2.05, 4.69) is 0 Å². The van der Waals surface area contributed by atoms with Gasteiger partial charge < -0.3 is 18.3 Å². The molecule has 2 aromatic carbocycles. The second-order valence-corrected chi connectivity index (χ2v) is 8.26. The monoisotopic (exact) mass is 416 g/mol. The summed E-state index contributed by atoms with van der Waals surface area (Å²) in [5.41, 5.74) is -1.27. The van der Waals surface area contributed by atoms with Crippen LogP contribution in [0.4, 0.5) is 0 Å². The van der Waals surface area contributed by atoms with Gasteiger partial charge in [0.25, 0.3) is 0 Å². The molecule has 2 aliphatic rings. The van der Waals surface area contributed by atoms with Gasteiger partial charge in [0.05, 0.1) is 10.8 Å². The number of ether oxygens (including phenoxy) is 2. The van der Waals surface area contributed by atoms with E-state index >= 15 is 0 Å². The first-order valence-electron chi connectivity index (χ1n) is 10.5. The Balaban J connectivity index is 1.77. The van der Waals surface area contributed by atoms with Crippen molar-refractivity contribution in [1.82, 2.24) is 0 Å². The molecule has 4 aromatic rings. The van der Waals surface area contributed by atoms with E-state index in [0.29, 0.717) is 63.8 Å². The molecule has 0 saturated carbocycles. The Labute approximate surface area is 177 Å². The van der Waals surface area contributed by atoms with E-state index in [0.717, 1.165) is 0 Å². The quantitative estimate of drug-likeness (QED) is 0.429. The van der Waals surface area contributed by atoms with Gasteiger partial charge in [-0.2, -0.15) is 0 Å². The van der Waals surface area contributed by atoms with Crippen molar-refractivity contribution in [3.63, 3.8) is 0 Å². The first-order valence-corrected chi connectivity index (χ1v) is 10.5. The van der Waals surface area contributed by atoms with E-state index in [-0.39, 0.29) is 0 Å². The first-order chi connectivity index (χ1) is 15.0. The maximum absolute atomic E-state index is 13.2. The number of para-hydroxylation sites is 2. The Morgan fingerprint density at radius 1 is 0.710 bits per heavy atom. The topological polar surface area (TPSA) is 78.9 Å². The molecule has 31 heavy (non-hydrogen) atoms. The van der Waals surface area contributed by atoms with E-state index in [4.69, 9.17) is 18.3 Å². The fraction of sp³-hybridized carbons (Fsp3) is 0.280. The number of hydrogen-bond acceptors (Lipinski definition) is 6. The van der Waals surface area contributed by atoms with Crippen LogP contribution in [-0.4, -0.2) is 0 Å². The number of benzene rings is 2. The molecule has 156 valence electrons. The third kappa shape index (κ3) is 2.22. The highest BCUT2D eigenvalue weighted by Gasteiger charge is 2.59. The standard InChI is InChI=1S/C25H20O6/c1-3-24-13-25(4-2,19-21(30-24)15-10-6-8-12-17(15)29-23(19)27)31-20-14-9-5-7-11-16(14)28-22(26)18(20)24/h5-12H,3-4,13H2,1-2H3. The van der Waals surface area contributed by atoms with Crippen LogP contribution in [0.1, 0.15) is 44.2 Å². The van der Waals surface area contributed by atoms with E-state index in [1.165, 1.54) is 0 Å². The van der Waals surface area contributed by atoms with Gasteiger partial charge in [0.15, 0.2) is 0 Å². The molecular formula is C25H20O6. The van der Waals surface area contributed by atoms with E-state index in [1.807, 2.05) is 38.1 Å². The second kappa shape index (κ2) is 6.00. The molecule has 2 aromatic heterocycles. The highest BCUT2D eigenvalue weighted by atomic mass is 16.5. The molecule has 0 saturated heterocycles. The first kappa shape index (κ1) is 18.2. The molecular weight excluding hydrogens is 396 g/mol. The SMILES string of the molecule is CCC12CC(CC)(Oc3c1c(=O)oc1ccccc31)c1c(c3ccccc3oc1=O)O2. The second-order valence-electron chi connectivity index (χ2n) is 8.26. The molecule has 0 radical (unpaired) electrons. The van der Waals surface area contributed by atoms with Gasteiger partial charge in [-0.1, -0.05) is 38.1 Å². The van der Waals surface area contributed by atoms with Crippen LogP contribution < -0.4 is 20.7 Å². The molecule has 2 unspecified atom stereocenters. The van der Waals surface area contributed by atoms with Crippen molar-refractivity contribution in [1.29, 1.82) is 0 Å². The van der Waals surface area contributed by atoms with Gasteiger partial charge in [-0.15, -0.1) is 0 Å². The van der Waals surface area contributed by atoms with Gasteiger partial charge in [0.2, 0.25) is 0 Å². The van der Waals surface area contributed by atoms with Crippen molar-refractivity contribution < 1.29 is 18.3 Å². The van der Waals surface area contributed by atoms with Crippen molar-refractivity contribution in [2.24, 2.45) is 0 Å². The molecule has 2 aliphatic heterocycles. The highest BCUT2D eigenvalue weighted by Crippen LogP contribution is 2.58. The van der Waals surface area contributed by atoms with Crippen molar-refractivity contribution in [2.75, 3.05) is 0 Å². The predicted molar refractivity (Wildman–Crippen MR) is 115 cm³/mol. The maximum Gasteiger partial charge on any atom is 0.347 e. The van der Waals surface area contributed by atoms with E-state index in [1.54, 1.807) is 24.3 Å². The predicted octanol–water partition coefficient (Wildman–Crippen LogP) is 4.99. The van der Waals surface area contributed by atoms with Gasteiger partial charge in [-0.3, -0.25) is 0 Å². The van der Waals surface area contributed by atoms with Crippen LogP contribution in [0.3, 0.4) is 0 Å². The van der Waals surface area contributed by atoms with Crippen molar-refractivity contribution >= 4 is 21.9 Å². The zero-order chi connectivity index (χ0) is 21.4. The normalized spacial score (nSPS) is 23.7. The summed E-state index contributed by atoms with van der Waals surface area (Å²) in [5.74, 6) is 0.861. The van der Waals surface area contributed by atoms with Crippen LogP contribution in [0.5, 0.6) is 11.5 Å². The number of fused-ring (bicyclic) bond motifs is 10. The van der Waals surface area contributed by atoms with Gasteiger partial charge in [0, 0.05) is 6.42 Å². The summed E-state index contributed by atoms with van der Waals surface area (Å²) in [6.45, 7) is 3.95. The number of rotatable bonds is 2. The zero-order valence-electron chi connectivity index (χ0n) is 17.2. The van der Waals surface area contributed by atoms with Gasteiger partial charge >= 0.3 is 11.3 Å². The Morgan fingerprint density at radius 2 is 1.13 bits per heavy atom. The Kier molecular flexibility index (Phi) is 3.53. The molecule has 0 aliphatic carbocycles. The summed E-state index contributed by atoms with van der Waals surface area (Å²) in [5, 5.41) is 1.37. The number of hydrogen-bond donors (Lipinski definition) is 0. The largest absolute Gasteiger partial charge is 0.480 e. The van der Waals surface area contributed by atoms with Crippen LogP contribution in [0.15, 0.2) is 67.0 Å². The van der Waals surface area contributed by atoms with Crippen LogP contribution >= 0.6 is 0 Å². The molecule has 6 heteroatoms. The van der Waals surface area contributed by atoms with Gasteiger partial charge in [0.1, 0.15) is 45.0 Å². The molecule has 6 nitrogen and oxygen atoms in total. The summed E-state index contributed by atoms with van der Waals surface area (Å²) in [7, 11) is 0. The summed E-state index contributed by atoms with van der Waals surface area (Å²) in [6, 6.07) is 14.5. The molecule has 0 fully saturated rings. The molecule has 6 rings (SSSR count). The van der Waals surface area contributed by atoms with Crippen LogP contribution in [0, 0.1) is 0 Å². The van der Waals surface area contributed by atoms with Gasteiger partial charge in [-0.25, -0.2) is 9.59 Å². The average molecular weight is 416 g/mol. The lowest BCUT2D eigenvalue weighted by atomic mass is 9.71. The molecule has 4 heterocycles. The molecule has 2 atom stereocenters. The van der Waals surface area contributed by atoms with Gasteiger partial charge in [-0.05, 0) is 37.1 Å². The summed E-state index contributed by atoms with van der Waals surface area (Å²) >= 11 is 0. The third-order valence-corrected chi connectivity index (χ3v) is 6.75. The third-order valence-electron chi connectivity index (χ3n) is 6.75. The molecule has 0 N–H and O–H groups in total. The lowest BCUT2D eigenvalue weighted by molar-refractivity contribution is -0.0981. The lowest BCUT2D eigenvalue weighted by Gasteiger charge is -2.51. The summed E-state index contributed by atoms with van der Waals surface area (Å²) < 4.78 is 24.5. The van der Waals surface area contributed by atoms with Crippen LogP contribution in [-0.2, 0) is 11.2 Å². The van der Waals surface area contributed by atoms with Crippen molar-refractivity contribution in [3.05, 3.63) is 80.5 Å². The van der Waals surface area contributed by atoms with Crippen molar-refractivity contribution in [3.8, 4) is 11.5 Å². The van der Waals surface area contributed by atoms with E-state index < -0.39 is 22.5 Å². The summed E-state index contributed by atoms with van der Waals surface area (Å²) in [6.07, 6.45) is 1.36. The Bertz CT molecular complexity index is 1380. The molecule has 0 spiro atoms. The molecule has 0 amide bonds. The minimum Gasteiger partial charge on any atom is -0.480 e. The zero-order valence-corrected chi connectivity index (χ0v) is 17.2. The van der Waals surface area contributed by atoms with Crippen LogP contribution in [0.25, 0.3) is 21.9 Å². The maximum atomic E-state index is 13.2. The van der Waals surface area contributed by atoms with Crippen molar-refractivity contribution in [2.45, 2.75) is 44.3 Å². The minimum absolute atomic E-state index is 0.333. The lowest BCUT2D eigenvalue weighted by Crippen LogP contribution is -2.55. The minimum atomic E-state index is -0.974. The average Bonchev–Trinajstić information content (AvgIpc) is 2.78. The fourth-order valence-electron chi connectivity index (χ4n) is 5.19. The van der Waals surface area contributed by atoms with Crippen LogP contribution in [0.2, 0.25) is 0 Å². The smallest absolute Gasteiger partial charge is 0.347 e. The highest BCUT2D eigenvalue weighted by molar-refractivity contribution is 5.87. The Morgan fingerprint density at radius 3 is 1.55 bits per heavy atom.